The Morgan fingerprint density at radius 3 is 1.62 bits per heavy atom. The van der Waals surface area contributed by atoms with Crippen LogP contribution in [0.2, 0.25) is 0 Å². The minimum Gasteiger partial charge on any atom is -0.477 e. The van der Waals surface area contributed by atoms with Crippen molar-refractivity contribution in [3.8, 4) is 0 Å². The van der Waals surface area contributed by atoms with Gasteiger partial charge >= 0.3 is 5.97 Å². The molecule has 0 atom stereocenters. The normalized spacial score (nSPS) is 13.7. The molecule has 0 bridgehead atoms. The average molecular weight is 360 g/mol. The van der Waals surface area contributed by atoms with Crippen LogP contribution in [0.3, 0.4) is 0 Å². The molecule has 0 fully saturated rings. The van der Waals surface area contributed by atoms with Gasteiger partial charge in [0.15, 0.2) is 0 Å². The van der Waals surface area contributed by atoms with E-state index in [0.29, 0.717) is 6.42 Å². The summed E-state index contributed by atoms with van der Waals surface area (Å²) in [6.07, 6.45) is 29.4. The number of unbranched alkanes of at least 4 members (excludes halogenated alkanes) is 1. The van der Waals surface area contributed by atoms with Gasteiger partial charge in [-0.1, -0.05) is 86.3 Å². The molecule has 0 spiro atoms. The molecule has 0 amide bonds. The molecule has 4 heteroatoms. The van der Waals surface area contributed by atoms with Crippen molar-refractivity contribution >= 4 is 5.97 Å². The maximum atomic E-state index is 10.5. The van der Waals surface area contributed by atoms with Crippen molar-refractivity contribution in [3.63, 3.8) is 0 Å². The minimum absolute atomic E-state index is 0.327. The topological polar surface area (TPSA) is 77.8 Å². The summed E-state index contributed by atoms with van der Waals surface area (Å²) in [5.41, 5.74) is 0. The summed E-state index contributed by atoms with van der Waals surface area (Å²) in [4.78, 5) is 10.5. The third-order valence-corrected chi connectivity index (χ3v) is 3.34. The van der Waals surface area contributed by atoms with Crippen molar-refractivity contribution in [2.45, 2.75) is 57.7 Å². The third-order valence-electron chi connectivity index (χ3n) is 3.34. The lowest BCUT2D eigenvalue weighted by Crippen LogP contribution is -2.37. The summed E-state index contributed by atoms with van der Waals surface area (Å²) in [5.74, 6) is -4.32. The smallest absolute Gasteiger partial charge is 0.364 e. The third kappa shape index (κ3) is 15.4. The van der Waals surface area contributed by atoms with Crippen molar-refractivity contribution in [2.24, 2.45) is 0 Å². The molecule has 0 aliphatic heterocycles. The zero-order valence-corrected chi connectivity index (χ0v) is 15.6. The van der Waals surface area contributed by atoms with Crippen LogP contribution in [-0.4, -0.2) is 27.1 Å². The lowest BCUT2D eigenvalue weighted by atomic mass is 10.2. The summed E-state index contributed by atoms with van der Waals surface area (Å²) in [6, 6.07) is 0. The van der Waals surface area contributed by atoms with Crippen LogP contribution >= 0.6 is 0 Å². The number of hydrogen-bond donors (Lipinski definition) is 3. The summed E-state index contributed by atoms with van der Waals surface area (Å²) in [6.45, 7) is 2.17. The van der Waals surface area contributed by atoms with Gasteiger partial charge in [-0.15, -0.1) is 0 Å². The van der Waals surface area contributed by atoms with Gasteiger partial charge in [-0.2, -0.15) is 0 Å². The molecule has 0 unspecified atom stereocenters. The molecule has 0 saturated heterocycles. The molecule has 3 N–H and O–H groups in total. The van der Waals surface area contributed by atoms with E-state index in [-0.39, 0.29) is 6.42 Å². The van der Waals surface area contributed by atoms with Crippen LogP contribution in [0.1, 0.15) is 51.9 Å². The highest BCUT2D eigenvalue weighted by Crippen LogP contribution is 2.07. The Morgan fingerprint density at radius 2 is 1.15 bits per heavy atom. The van der Waals surface area contributed by atoms with E-state index in [4.69, 9.17) is 15.3 Å². The molecule has 0 radical (unpaired) electrons. The van der Waals surface area contributed by atoms with Crippen LogP contribution in [0.4, 0.5) is 0 Å². The first kappa shape index (κ1) is 23.8. The van der Waals surface area contributed by atoms with E-state index in [1.807, 2.05) is 12.2 Å². The molecule has 0 saturated carbocycles. The second-order valence-corrected chi connectivity index (χ2v) is 5.80. The largest absolute Gasteiger partial charge is 0.477 e. The highest BCUT2D eigenvalue weighted by atomic mass is 16.5. The van der Waals surface area contributed by atoms with Gasteiger partial charge in [-0.05, 0) is 32.1 Å². The summed E-state index contributed by atoms with van der Waals surface area (Å²) in [5, 5.41) is 26.7. The van der Waals surface area contributed by atoms with E-state index in [9.17, 15) is 4.79 Å². The number of carbonyl (C=O) groups is 1. The zero-order valence-electron chi connectivity index (χ0n) is 15.6. The van der Waals surface area contributed by atoms with E-state index >= 15 is 0 Å². The fourth-order valence-corrected chi connectivity index (χ4v) is 1.82. The first-order chi connectivity index (χ1) is 12.5. The molecule has 4 nitrogen and oxygen atoms in total. The monoisotopic (exact) mass is 360 g/mol. The standard InChI is InChI=1S/C22H32O4/c1-2-3-4-5-6-7-8-9-10-11-12-13-14-15-16-17-18-19-20-22(25,26)21(23)24/h4-7,9-10,12-13,15-16,18-19,25-26H,2-3,8,11,14,17,20H2,1H3,(H,23,24)/b5-4+,7-6+,10-9+,13-12+,16-15+,19-18+. The number of hydrogen-bond acceptors (Lipinski definition) is 3. The van der Waals surface area contributed by atoms with E-state index in [2.05, 4.69) is 55.5 Å². The molecular weight excluding hydrogens is 328 g/mol. The minimum atomic E-state index is -2.68. The van der Waals surface area contributed by atoms with Crippen LogP contribution < -0.4 is 0 Å². The summed E-state index contributed by atoms with van der Waals surface area (Å²) < 4.78 is 0. The fraction of sp³-hybridized carbons (Fsp3) is 0.409. The number of carboxylic acids is 1. The highest BCUT2D eigenvalue weighted by molar-refractivity contribution is 5.75. The first-order valence-electron chi connectivity index (χ1n) is 9.10. The zero-order chi connectivity index (χ0) is 19.5. The van der Waals surface area contributed by atoms with Crippen molar-refractivity contribution < 1.29 is 20.1 Å². The maximum absolute atomic E-state index is 10.5. The molecule has 0 aromatic carbocycles. The van der Waals surface area contributed by atoms with E-state index in [1.54, 1.807) is 6.08 Å². The lowest BCUT2D eigenvalue weighted by molar-refractivity contribution is -0.201. The van der Waals surface area contributed by atoms with Gasteiger partial charge in [0, 0.05) is 6.42 Å². The summed E-state index contributed by atoms with van der Waals surface area (Å²) >= 11 is 0. The van der Waals surface area contributed by atoms with Crippen LogP contribution in [-0.2, 0) is 4.79 Å². The van der Waals surface area contributed by atoms with E-state index in [1.165, 1.54) is 12.5 Å². The van der Waals surface area contributed by atoms with Gasteiger partial charge in [0.25, 0.3) is 5.79 Å². The van der Waals surface area contributed by atoms with Crippen LogP contribution in [0, 0.1) is 0 Å². The average Bonchev–Trinajstić information content (AvgIpc) is 2.60. The predicted octanol–water partition coefficient (Wildman–Crippen LogP) is 4.84. The Kier molecular flexibility index (Phi) is 14.9. The van der Waals surface area contributed by atoms with E-state index < -0.39 is 11.8 Å². The molecular formula is C22H32O4. The quantitative estimate of drug-likeness (QED) is 0.235. The first-order valence-corrected chi connectivity index (χ1v) is 9.10. The lowest BCUT2D eigenvalue weighted by Gasteiger charge is -2.12. The van der Waals surface area contributed by atoms with E-state index in [0.717, 1.165) is 25.7 Å². The van der Waals surface area contributed by atoms with Gasteiger partial charge in [-0.3, -0.25) is 0 Å². The Labute approximate surface area is 157 Å². The molecule has 0 heterocycles. The maximum Gasteiger partial charge on any atom is 0.364 e. The van der Waals surface area contributed by atoms with Crippen LogP contribution in [0.25, 0.3) is 0 Å². The molecule has 0 aliphatic carbocycles. The van der Waals surface area contributed by atoms with Crippen molar-refractivity contribution in [2.75, 3.05) is 0 Å². The van der Waals surface area contributed by atoms with Gasteiger partial charge in [-0.25, -0.2) is 4.79 Å². The SMILES string of the molecule is CCC/C=C/C=C/C/C=C/C/C=C/C/C=C/C/C=C/CC(O)(O)C(=O)O. The Bertz CT molecular complexity index is 534. The predicted molar refractivity (Wildman–Crippen MR) is 108 cm³/mol. The van der Waals surface area contributed by atoms with Crippen molar-refractivity contribution in [3.05, 3.63) is 72.9 Å². The van der Waals surface area contributed by atoms with Gasteiger partial charge in [0.05, 0.1) is 0 Å². The van der Waals surface area contributed by atoms with Crippen LogP contribution in [0.5, 0.6) is 0 Å². The van der Waals surface area contributed by atoms with Gasteiger partial charge in [0.2, 0.25) is 0 Å². The molecule has 0 rings (SSSR count). The number of rotatable bonds is 14. The van der Waals surface area contributed by atoms with Gasteiger partial charge < -0.3 is 15.3 Å². The molecule has 0 aliphatic rings. The van der Waals surface area contributed by atoms with Crippen LogP contribution in [0.15, 0.2) is 72.9 Å². The number of allylic oxidation sites excluding steroid dienone is 11. The van der Waals surface area contributed by atoms with Crippen molar-refractivity contribution in [1.29, 1.82) is 0 Å². The highest BCUT2D eigenvalue weighted by Gasteiger charge is 2.30. The van der Waals surface area contributed by atoms with Gasteiger partial charge in [0.1, 0.15) is 0 Å². The molecule has 144 valence electrons. The number of aliphatic hydroxyl groups is 2. The molecule has 26 heavy (non-hydrogen) atoms. The molecule has 0 aromatic rings. The summed E-state index contributed by atoms with van der Waals surface area (Å²) in [7, 11) is 0. The number of carboxylic acid groups (broad SMARTS) is 1. The Morgan fingerprint density at radius 1 is 0.731 bits per heavy atom. The Hall–Kier alpha value is -2.17. The Balaban J connectivity index is 3.70. The second-order valence-electron chi connectivity index (χ2n) is 5.80. The molecule has 0 aromatic heterocycles. The second kappa shape index (κ2) is 16.3. The number of aliphatic carboxylic acids is 1. The van der Waals surface area contributed by atoms with Crippen molar-refractivity contribution in [1.82, 2.24) is 0 Å². The fourth-order valence-electron chi connectivity index (χ4n) is 1.82.